The lowest BCUT2D eigenvalue weighted by Crippen LogP contribution is -2.08. The SMILES string of the molecule is N#Cc1ccc(OCCSC(F)(F)F)c(N)c1. The monoisotopic (exact) mass is 262 g/mol. The highest BCUT2D eigenvalue weighted by molar-refractivity contribution is 8.00. The summed E-state index contributed by atoms with van der Waals surface area (Å²) in [5.41, 5.74) is 1.92. The Balaban J connectivity index is 2.45. The molecule has 3 nitrogen and oxygen atoms in total. The summed E-state index contributed by atoms with van der Waals surface area (Å²) < 4.78 is 40.5. The number of rotatable bonds is 4. The van der Waals surface area contributed by atoms with E-state index in [9.17, 15) is 13.2 Å². The summed E-state index contributed by atoms with van der Waals surface area (Å²) >= 11 is -0.152. The lowest BCUT2D eigenvalue weighted by molar-refractivity contribution is -0.0329. The molecule has 92 valence electrons. The molecule has 0 aliphatic carbocycles. The Labute approximate surface area is 100 Å². The molecule has 0 aromatic heterocycles. The van der Waals surface area contributed by atoms with E-state index in [1.165, 1.54) is 18.2 Å². The molecule has 0 aliphatic rings. The summed E-state index contributed by atoms with van der Waals surface area (Å²) in [5, 5.41) is 8.58. The van der Waals surface area contributed by atoms with E-state index in [4.69, 9.17) is 15.7 Å². The van der Waals surface area contributed by atoms with Crippen LogP contribution in [0.25, 0.3) is 0 Å². The molecule has 0 aliphatic heterocycles. The van der Waals surface area contributed by atoms with Gasteiger partial charge >= 0.3 is 5.51 Å². The molecule has 7 heteroatoms. The van der Waals surface area contributed by atoms with Gasteiger partial charge in [-0.2, -0.15) is 18.4 Å². The number of nitrogen functional groups attached to an aromatic ring is 1. The zero-order chi connectivity index (χ0) is 12.9. The van der Waals surface area contributed by atoms with Crippen LogP contribution < -0.4 is 10.5 Å². The summed E-state index contributed by atoms with van der Waals surface area (Å²) in [7, 11) is 0. The predicted molar refractivity (Wildman–Crippen MR) is 59.6 cm³/mol. The molecule has 0 atom stereocenters. The summed E-state index contributed by atoms with van der Waals surface area (Å²) in [6, 6.07) is 6.26. The highest BCUT2D eigenvalue weighted by Crippen LogP contribution is 2.30. The van der Waals surface area contributed by atoms with E-state index in [-0.39, 0.29) is 35.6 Å². The molecular formula is C10H9F3N2OS. The van der Waals surface area contributed by atoms with Gasteiger partial charge in [0.2, 0.25) is 0 Å². The van der Waals surface area contributed by atoms with Crippen LogP contribution in [0, 0.1) is 11.3 Å². The number of thioether (sulfide) groups is 1. The lowest BCUT2D eigenvalue weighted by Gasteiger charge is -2.09. The smallest absolute Gasteiger partial charge is 0.441 e. The van der Waals surface area contributed by atoms with Gasteiger partial charge in [0, 0.05) is 5.75 Å². The molecule has 2 N–H and O–H groups in total. The van der Waals surface area contributed by atoms with Crippen LogP contribution in [-0.2, 0) is 0 Å². The zero-order valence-electron chi connectivity index (χ0n) is 8.62. The molecule has 0 amide bonds. The van der Waals surface area contributed by atoms with E-state index in [1.807, 2.05) is 6.07 Å². The molecule has 0 unspecified atom stereocenters. The minimum Gasteiger partial charge on any atom is -0.491 e. The van der Waals surface area contributed by atoms with E-state index in [0.717, 1.165) is 0 Å². The number of alkyl halides is 3. The number of nitriles is 1. The fourth-order valence-corrected chi connectivity index (χ4v) is 1.46. The van der Waals surface area contributed by atoms with Gasteiger partial charge in [0.25, 0.3) is 0 Å². The quantitative estimate of drug-likeness (QED) is 0.669. The van der Waals surface area contributed by atoms with Crippen LogP contribution in [0.5, 0.6) is 5.75 Å². The van der Waals surface area contributed by atoms with Crippen LogP contribution in [0.4, 0.5) is 18.9 Å². The third kappa shape index (κ3) is 4.87. The number of ether oxygens (including phenoxy) is 1. The van der Waals surface area contributed by atoms with Crippen molar-refractivity contribution >= 4 is 17.4 Å². The number of hydrogen-bond acceptors (Lipinski definition) is 4. The molecular weight excluding hydrogens is 253 g/mol. The number of halogens is 3. The molecule has 1 aromatic carbocycles. The zero-order valence-corrected chi connectivity index (χ0v) is 9.44. The van der Waals surface area contributed by atoms with Crippen molar-refractivity contribution in [3.8, 4) is 11.8 Å². The number of nitrogens with two attached hydrogens (primary N) is 1. The molecule has 1 rings (SSSR count). The van der Waals surface area contributed by atoms with Crippen LogP contribution in [0.2, 0.25) is 0 Å². The number of nitrogens with zero attached hydrogens (tertiary/aromatic N) is 1. The van der Waals surface area contributed by atoms with E-state index in [0.29, 0.717) is 5.56 Å². The van der Waals surface area contributed by atoms with Crippen molar-refractivity contribution in [2.24, 2.45) is 0 Å². The molecule has 0 saturated heterocycles. The van der Waals surface area contributed by atoms with Crippen molar-refractivity contribution < 1.29 is 17.9 Å². The first-order valence-electron chi connectivity index (χ1n) is 4.55. The van der Waals surface area contributed by atoms with Crippen LogP contribution in [0.3, 0.4) is 0 Å². The topological polar surface area (TPSA) is 59.0 Å². The van der Waals surface area contributed by atoms with Crippen LogP contribution in [0.15, 0.2) is 18.2 Å². The molecule has 0 radical (unpaired) electrons. The normalized spacial score (nSPS) is 10.9. The van der Waals surface area contributed by atoms with Crippen LogP contribution >= 0.6 is 11.8 Å². The summed E-state index contributed by atoms with van der Waals surface area (Å²) in [4.78, 5) is 0. The second kappa shape index (κ2) is 5.68. The second-order valence-electron chi connectivity index (χ2n) is 3.01. The summed E-state index contributed by atoms with van der Waals surface area (Å²) in [5.74, 6) is 0.0786. The third-order valence-corrected chi connectivity index (χ3v) is 2.44. The maximum atomic E-state index is 11.8. The molecule has 0 fully saturated rings. The van der Waals surface area contributed by atoms with Crippen molar-refractivity contribution in [2.45, 2.75) is 5.51 Å². The molecule has 1 aromatic rings. The van der Waals surface area contributed by atoms with E-state index in [2.05, 4.69) is 0 Å². The van der Waals surface area contributed by atoms with E-state index < -0.39 is 5.51 Å². The Morgan fingerprint density at radius 1 is 1.41 bits per heavy atom. The maximum Gasteiger partial charge on any atom is 0.441 e. The molecule has 17 heavy (non-hydrogen) atoms. The molecule has 0 saturated carbocycles. The predicted octanol–water partition coefficient (Wildman–Crippen LogP) is 2.77. The first-order chi connectivity index (χ1) is 7.92. The average Bonchev–Trinajstić information content (AvgIpc) is 2.24. The molecule has 0 bridgehead atoms. The standard InChI is InChI=1S/C10H9F3N2OS/c11-10(12,13)17-4-3-16-9-2-1-7(6-14)5-8(9)15/h1-2,5H,3-4,15H2. The fraction of sp³-hybridized carbons (Fsp3) is 0.300. The van der Waals surface area contributed by atoms with Gasteiger partial charge in [-0.1, -0.05) is 0 Å². The van der Waals surface area contributed by atoms with Gasteiger partial charge in [-0.15, -0.1) is 0 Å². The molecule has 0 heterocycles. The van der Waals surface area contributed by atoms with Gasteiger partial charge in [0.1, 0.15) is 5.75 Å². The first kappa shape index (κ1) is 13.5. The Hall–Kier alpha value is -1.55. The van der Waals surface area contributed by atoms with Crippen molar-refractivity contribution in [3.05, 3.63) is 23.8 Å². The van der Waals surface area contributed by atoms with Gasteiger partial charge in [0.05, 0.1) is 23.9 Å². The second-order valence-corrected chi connectivity index (χ2v) is 4.17. The highest BCUT2D eigenvalue weighted by Gasteiger charge is 2.27. The lowest BCUT2D eigenvalue weighted by atomic mass is 10.2. The Morgan fingerprint density at radius 2 is 2.12 bits per heavy atom. The van der Waals surface area contributed by atoms with Gasteiger partial charge in [-0.3, -0.25) is 0 Å². The van der Waals surface area contributed by atoms with Gasteiger partial charge in [0.15, 0.2) is 0 Å². The Bertz CT molecular complexity index is 429. The van der Waals surface area contributed by atoms with Crippen LogP contribution in [-0.4, -0.2) is 17.9 Å². The number of anilines is 1. The highest BCUT2D eigenvalue weighted by atomic mass is 32.2. The van der Waals surface area contributed by atoms with Crippen LogP contribution in [0.1, 0.15) is 5.56 Å². The van der Waals surface area contributed by atoms with Gasteiger partial charge in [-0.25, -0.2) is 0 Å². The maximum absolute atomic E-state index is 11.8. The minimum absolute atomic E-state index is 0.0969. The first-order valence-corrected chi connectivity index (χ1v) is 5.54. The summed E-state index contributed by atoms with van der Waals surface area (Å²) in [6.07, 6.45) is 0. The number of hydrogen-bond donors (Lipinski definition) is 1. The average molecular weight is 262 g/mol. The van der Waals surface area contributed by atoms with E-state index >= 15 is 0 Å². The fourth-order valence-electron chi connectivity index (χ4n) is 1.06. The largest absolute Gasteiger partial charge is 0.491 e. The van der Waals surface area contributed by atoms with Crippen molar-refractivity contribution in [3.63, 3.8) is 0 Å². The van der Waals surface area contributed by atoms with Crippen molar-refractivity contribution in [1.29, 1.82) is 5.26 Å². The Morgan fingerprint density at radius 3 is 2.65 bits per heavy atom. The van der Waals surface area contributed by atoms with E-state index in [1.54, 1.807) is 0 Å². The third-order valence-electron chi connectivity index (χ3n) is 1.75. The van der Waals surface area contributed by atoms with Gasteiger partial charge < -0.3 is 10.5 Å². The van der Waals surface area contributed by atoms with Crippen molar-refractivity contribution in [2.75, 3.05) is 18.1 Å². The van der Waals surface area contributed by atoms with Crippen molar-refractivity contribution in [1.82, 2.24) is 0 Å². The Kier molecular flexibility index (Phi) is 4.52. The number of benzene rings is 1. The minimum atomic E-state index is -4.25. The summed E-state index contributed by atoms with van der Waals surface area (Å²) in [6.45, 7) is -0.0969. The molecule has 0 spiro atoms. The van der Waals surface area contributed by atoms with Gasteiger partial charge in [-0.05, 0) is 30.0 Å².